The highest BCUT2D eigenvalue weighted by molar-refractivity contribution is 5.64. The quantitative estimate of drug-likeness (QED) is 0.621. The highest BCUT2D eigenvalue weighted by Gasteiger charge is 2.44. The van der Waals surface area contributed by atoms with Crippen molar-refractivity contribution in [3.05, 3.63) is 0 Å². The largest absolute Gasteiger partial charge is 0.465 e. The van der Waals surface area contributed by atoms with Crippen LogP contribution in [0, 0.1) is 11.3 Å². The molecule has 1 spiro atoms. The Labute approximate surface area is 84.1 Å². The van der Waals surface area contributed by atoms with Crippen molar-refractivity contribution in [3.8, 4) is 0 Å². The number of rotatable bonds is 2. The lowest BCUT2D eigenvalue weighted by Gasteiger charge is -2.50. The van der Waals surface area contributed by atoms with Crippen molar-refractivity contribution in [1.29, 1.82) is 0 Å². The van der Waals surface area contributed by atoms with Gasteiger partial charge in [0, 0.05) is 6.54 Å². The van der Waals surface area contributed by atoms with Crippen molar-refractivity contribution in [2.24, 2.45) is 11.3 Å². The second-order valence-electron chi connectivity index (χ2n) is 4.71. The maximum atomic E-state index is 10.3. The van der Waals surface area contributed by atoms with Crippen LogP contribution in [0.15, 0.2) is 0 Å². The third-order valence-electron chi connectivity index (χ3n) is 3.65. The number of amides is 1. The predicted octanol–water partition coefficient (Wildman–Crippen LogP) is 1.03. The Morgan fingerprint density at radius 2 is 2.07 bits per heavy atom. The van der Waals surface area contributed by atoms with Gasteiger partial charge >= 0.3 is 6.09 Å². The van der Waals surface area contributed by atoms with Gasteiger partial charge in [0.25, 0.3) is 0 Å². The monoisotopic (exact) mass is 198 g/mol. The summed E-state index contributed by atoms with van der Waals surface area (Å²) >= 11 is 0. The molecule has 2 aliphatic rings. The smallest absolute Gasteiger partial charge is 0.404 e. The molecular weight excluding hydrogens is 180 g/mol. The van der Waals surface area contributed by atoms with Gasteiger partial charge in [0.1, 0.15) is 0 Å². The number of carbonyl (C=O) groups is 1. The van der Waals surface area contributed by atoms with E-state index >= 15 is 0 Å². The van der Waals surface area contributed by atoms with E-state index in [4.69, 9.17) is 5.11 Å². The molecule has 1 heterocycles. The molecule has 1 saturated carbocycles. The minimum absolute atomic E-state index is 0.566. The first-order valence-corrected chi connectivity index (χ1v) is 5.38. The topological polar surface area (TPSA) is 61.4 Å². The molecular formula is C10H18N2O2. The molecule has 0 aromatic carbocycles. The SMILES string of the molecule is O=C(O)NCC1CC2(CCNCC2)C1. The van der Waals surface area contributed by atoms with Crippen molar-refractivity contribution in [1.82, 2.24) is 10.6 Å². The second-order valence-corrected chi connectivity index (χ2v) is 4.71. The first kappa shape index (κ1) is 9.77. The molecule has 1 amide bonds. The van der Waals surface area contributed by atoms with E-state index in [1.54, 1.807) is 0 Å². The average molecular weight is 198 g/mol. The maximum Gasteiger partial charge on any atom is 0.404 e. The highest BCUT2D eigenvalue weighted by Crippen LogP contribution is 2.51. The number of piperidine rings is 1. The Balaban J connectivity index is 1.70. The summed E-state index contributed by atoms with van der Waals surface area (Å²) in [6.45, 7) is 2.92. The minimum atomic E-state index is -0.892. The molecule has 0 bridgehead atoms. The zero-order valence-corrected chi connectivity index (χ0v) is 8.38. The highest BCUT2D eigenvalue weighted by atomic mass is 16.4. The molecule has 1 aliphatic heterocycles. The normalized spacial score (nSPS) is 25.7. The Hall–Kier alpha value is -0.770. The van der Waals surface area contributed by atoms with E-state index < -0.39 is 6.09 Å². The van der Waals surface area contributed by atoms with Crippen LogP contribution in [-0.4, -0.2) is 30.8 Å². The van der Waals surface area contributed by atoms with E-state index in [0.717, 1.165) is 13.1 Å². The number of nitrogens with one attached hydrogen (secondary N) is 2. The fourth-order valence-electron chi connectivity index (χ4n) is 2.91. The van der Waals surface area contributed by atoms with Crippen molar-refractivity contribution in [2.45, 2.75) is 25.7 Å². The van der Waals surface area contributed by atoms with Gasteiger partial charge in [-0.3, -0.25) is 0 Å². The lowest BCUT2D eigenvalue weighted by Crippen LogP contribution is -2.48. The first-order valence-electron chi connectivity index (χ1n) is 5.38. The van der Waals surface area contributed by atoms with E-state index in [-0.39, 0.29) is 0 Å². The lowest BCUT2D eigenvalue weighted by molar-refractivity contribution is 0.0225. The Morgan fingerprint density at radius 3 is 2.64 bits per heavy atom. The summed E-state index contributed by atoms with van der Waals surface area (Å²) in [6.07, 6.45) is 4.09. The number of hydrogen-bond donors (Lipinski definition) is 3. The van der Waals surface area contributed by atoms with Crippen LogP contribution in [-0.2, 0) is 0 Å². The Bertz CT molecular complexity index is 216. The molecule has 1 saturated heterocycles. The standard InChI is InChI=1S/C10H18N2O2/c13-9(14)12-7-8-5-10(6-8)1-3-11-4-2-10/h8,11-12H,1-7H2,(H,13,14). The van der Waals surface area contributed by atoms with Crippen molar-refractivity contribution in [2.75, 3.05) is 19.6 Å². The summed E-state index contributed by atoms with van der Waals surface area (Å²) < 4.78 is 0. The van der Waals surface area contributed by atoms with Crippen LogP contribution in [0.2, 0.25) is 0 Å². The second kappa shape index (κ2) is 3.77. The van der Waals surface area contributed by atoms with Gasteiger partial charge < -0.3 is 15.7 Å². The van der Waals surface area contributed by atoms with Gasteiger partial charge in [-0.25, -0.2) is 4.79 Å². The van der Waals surface area contributed by atoms with Crippen LogP contribution < -0.4 is 10.6 Å². The molecule has 0 atom stereocenters. The fraction of sp³-hybridized carbons (Fsp3) is 0.900. The average Bonchev–Trinajstić information content (AvgIpc) is 2.12. The van der Waals surface area contributed by atoms with Crippen LogP contribution in [0.4, 0.5) is 4.79 Å². The molecule has 3 N–H and O–H groups in total. The molecule has 0 unspecified atom stereocenters. The third kappa shape index (κ3) is 2.00. The molecule has 0 aromatic heterocycles. The summed E-state index contributed by atoms with van der Waals surface area (Å²) in [5.74, 6) is 0.587. The first-order chi connectivity index (χ1) is 6.70. The minimum Gasteiger partial charge on any atom is -0.465 e. The fourth-order valence-corrected chi connectivity index (χ4v) is 2.91. The van der Waals surface area contributed by atoms with E-state index in [0.29, 0.717) is 17.9 Å². The summed E-state index contributed by atoms with van der Waals surface area (Å²) in [5, 5.41) is 14.3. The van der Waals surface area contributed by atoms with Gasteiger partial charge in [-0.15, -0.1) is 0 Å². The van der Waals surface area contributed by atoms with Gasteiger partial charge in [-0.05, 0) is 50.1 Å². The molecule has 0 aromatic rings. The molecule has 4 nitrogen and oxygen atoms in total. The van der Waals surface area contributed by atoms with Crippen LogP contribution >= 0.6 is 0 Å². The van der Waals surface area contributed by atoms with Crippen LogP contribution in [0.5, 0.6) is 0 Å². The summed E-state index contributed by atoms with van der Waals surface area (Å²) in [6, 6.07) is 0. The number of hydrogen-bond acceptors (Lipinski definition) is 2. The molecule has 2 rings (SSSR count). The molecule has 80 valence electrons. The van der Waals surface area contributed by atoms with Gasteiger partial charge in [-0.2, -0.15) is 0 Å². The van der Waals surface area contributed by atoms with Crippen LogP contribution in [0.25, 0.3) is 0 Å². The molecule has 4 heteroatoms. The third-order valence-corrected chi connectivity index (χ3v) is 3.65. The summed E-state index contributed by atoms with van der Waals surface area (Å²) in [7, 11) is 0. The van der Waals surface area contributed by atoms with E-state index in [1.807, 2.05) is 0 Å². The van der Waals surface area contributed by atoms with Gasteiger partial charge in [0.2, 0.25) is 0 Å². The van der Waals surface area contributed by atoms with E-state index in [9.17, 15) is 4.79 Å². The molecule has 14 heavy (non-hydrogen) atoms. The zero-order valence-electron chi connectivity index (χ0n) is 8.38. The van der Waals surface area contributed by atoms with Crippen molar-refractivity contribution in [3.63, 3.8) is 0 Å². The van der Waals surface area contributed by atoms with Gasteiger partial charge in [0.15, 0.2) is 0 Å². The zero-order chi connectivity index (χ0) is 10.0. The van der Waals surface area contributed by atoms with Crippen LogP contribution in [0.1, 0.15) is 25.7 Å². The summed E-state index contributed by atoms with van der Waals surface area (Å²) in [4.78, 5) is 10.3. The van der Waals surface area contributed by atoms with Crippen LogP contribution in [0.3, 0.4) is 0 Å². The van der Waals surface area contributed by atoms with E-state index in [1.165, 1.54) is 25.7 Å². The Morgan fingerprint density at radius 1 is 1.43 bits per heavy atom. The van der Waals surface area contributed by atoms with Gasteiger partial charge in [-0.1, -0.05) is 0 Å². The van der Waals surface area contributed by atoms with Crippen molar-refractivity contribution < 1.29 is 9.90 Å². The van der Waals surface area contributed by atoms with Gasteiger partial charge in [0.05, 0.1) is 0 Å². The lowest BCUT2D eigenvalue weighted by atomic mass is 9.58. The molecule has 0 radical (unpaired) electrons. The molecule has 1 aliphatic carbocycles. The predicted molar refractivity (Wildman–Crippen MR) is 53.3 cm³/mol. The molecule has 2 fully saturated rings. The summed E-state index contributed by atoms with van der Waals surface area (Å²) in [5.41, 5.74) is 0.566. The van der Waals surface area contributed by atoms with Crippen molar-refractivity contribution >= 4 is 6.09 Å². The van der Waals surface area contributed by atoms with E-state index in [2.05, 4.69) is 10.6 Å². The number of carboxylic acid groups (broad SMARTS) is 1. The maximum absolute atomic E-state index is 10.3. The Kier molecular flexibility index (Phi) is 2.63.